The van der Waals surface area contributed by atoms with E-state index in [9.17, 15) is 14.7 Å². The minimum absolute atomic E-state index is 0.0345. The van der Waals surface area contributed by atoms with Gasteiger partial charge in [-0.15, -0.1) is 0 Å². The smallest absolute Gasteiger partial charge is 0.307 e. The number of rotatable bonds is 25. The molecular formula is C49H84O4. The van der Waals surface area contributed by atoms with Crippen molar-refractivity contribution >= 4 is 11.9 Å². The van der Waals surface area contributed by atoms with Gasteiger partial charge in [0.1, 0.15) is 6.10 Å². The van der Waals surface area contributed by atoms with Crippen LogP contribution in [0.5, 0.6) is 0 Å². The van der Waals surface area contributed by atoms with E-state index in [-0.39, 0.29) is 23.9 Å². The minimum Gasteiger partial charge on any atom is -0.481 e. The standard InChI is InChI=1S/C49H84O4/c1-7-8-9-10-11-12-13-14-15-16-17-18-19-20-21-22-26-39(47(51)52)35-46(50)53-41-31-33-48(5)40(36-41)27-28-42-44-30-29-43(38(4)25-23-24-37(2)3)49(44,6)34-32-45(42)48/h21-22,27,37-39,41-45H,7-20,23-26,28-36H2,1-6H3,(H,51,52)/b22-21+/t38-,39?,41+,42+,43-,44+,45+,48+,49-/m1/s1. The molecule has 0 aliphatic heterocycles. The van der Waals surface area contributed by atoms with Crippen molar-refractivity contribution in [3.63, 3.8) is 0 Å². The maximum atomic E-state index is 13.1. The van der Waals surface area contributed by atoms with Crippen LogP contribution in [0, 0.1) is 52.3 Å². The van der Waals surface area contributed by atoms with Crippen molar-refractivity contribution in [1.82, 2.24) is 0 Å². The van der Waals surface area contributed by atoms with E-state index in [1.54, 1.807) is 0 Å². The first-order valence-corrected chi connectivity index (χ1v) is 23.3. The normalized spacial score (nSPS) is 30.8. The van der Waals surface area contributed by atoms with Crippen LogP contribution in [0.1, 0.15) is 215 Å². The topological polar surface area (TPSA) is 63.6 Å². The Bertz CT molecular complexity index is 1150. The first-order chi connectivity index (χ1) is 25.5. The summed E-state index contributed by atoms with van der Waals surface area (Å²) in [6.45, 7) is 14.8. The maximum absolute atomic E-state index is 13.1. The predicted octanol–water partition coefficient (Wildman–Crippen LogP) is 14.5. The summed E-state index contributed by atoms with van der Waals surface area (Å²) in [5, 5.41) is 9.89. The maximum Gasteiger partial charge on any atom is 0.307 e. The Morgan fingerprint density at radius 2 is 1.47 bits per heavy atom. The second-order valence-electron chi connectivity index (χ2n) is 19.6. The van der Waals surface area contributed by atoms with Crippen molar-refractivity contribution in [2.45, 2.75) is 221 Å². The van der Waals surface area contributed by atoms with E-state index in [0.717, 1.165) is 67.6 Å². The molecule has 3 saturated carbocycles. The zero-order valence-electron chi connectivity index (χ0n) is 35.6. The molecule has 1 unspecified atom stereocenters. The second-order valence-corrected chi connectivity index (χ2v) is 19.6. The lowest BCUT2D eigenvalue weighted by Crippen LogP contribution is -2.51. The molecule has 1 N–H and O–H groups in total. The van der Waals surface area contributed by atoms with Crippen molar-refractivity contribution in [1.29, 1.82) is 0 Å². The van der Waals surface area contributed by atoms with Gasteiger partial charge in [-0.2, -0.15) is 0 Å². The third kappa shape index (κ3) is 12.7. The van der Waals surface area contributed by atoms with Gasteiger partial charge in [0, 0.05) is 6.42 Å². The van der Waals surface area contributed by atoms with Crippen LogP contribution in [0.15, 0.2) is 23.8 Å². The third-order valence-electron chi connectivity index (χ3n) is 15.4. The average molecular weight is 737 g/mol. The number of unbranched alkanes of at least 4 members (excludes halogenated alkanes) is 13. The number of carbonyl (C=O) groups is 2. The highest BCUT2D eigenvalue weighted by Gasteiger charge is 2.59. The summed E-state index contributed by atoms with van der Waals surface area (Å²) < 4.78 is 6.04. The summed E-state index contributed by atoms with van der Waals surface area (Å²) in [5.74, 6) is 2.97. The molecule has 0 radical (unpaired) electrons. The Morgan fingerprint density at radius 1 is 0.811 bits per heavy atom. The van der Waals surface area contributed by atoms with Crippen LogP contribution in [-0.4, -0.2) is 23.1 Å². The molecule has 0 aromatic heterocycles. The van der Waals surface area contributed by atoms with Gasteiger partial charge in [-0.05, 0) is 111 Å². The van der Waals surface area contributed by atoms with E-state index in [4.69, 9.17) is 4.74 Å². The molecular weight excluding hydrogens is 653 g/mol. The molecule has 0 heterocycles. The fourth-order valence-corrected chi connectivity index (χ4v) is 12.1. The van der Waals surface area contributed by atoms with Crippen LogP contribution in [0.3, 0.4) is 0 Å². The molecule has 4 rings (SSSR count). The highest BCUT2D eigenvalue weighted by Crippen LogP contribution is 2.67. The van der Waals surface area contributed by atoms with Gasteiger partial charge in [0.05, 0.1) is 12.3 Å². The van der Waals surface area contributed by atoms with Crippen LogP contribution in [0.4, 0.5) is 0 Å². The highest BCUT2D eigenvalue weighted by atomic mass is 16.5. The molecule has 4 nitrogen and oxygen atoms in total. The SMILES string of the molecule is CCCCCCCCCCCCCCC/C=C/CC(CC(=O)O[C@H]1CC[C@@]2(C)C(=CC[C@H]3[C@@H]4CC[C@H]([C@H](C)CCCC(C)C)[C@@]4(C)CC[C@@H]32)C1)C(=O)O. The first-order valence-electron chi connectivity index (χ1n) is 23.3. The van der Waals surface area contributed by atoms with Crippen LogP contribution in [-0.2, 0) is 14.3 Å². The summed E-state index contributed by atoms with van der Waals surface area (Å²) in [6, 6.07) is 0. The molecule has 0 spiro atoms. The van der Waals surface area contributed by atoms with Gasteiger partial charge in [-0.25, -0.2) is 0 Å². The summed E-state index contributed by atoms with van der Waals surface area (Å²) >= 11 is 0. The number of aliphatic carboxylic acids is 1. The number of hydrogen-bond acceptors (Lipinski definition) is 3. The Morgan fingerprint density at radius 3 is 2.11 bits per heavy atom. The van der Waals surface area contributed by atoms with E-state index < -0.39 is 11.9 Å². The summed E-state index contributed by atoms with van der Waals surface area (Å²) in [4.78, 5) is 25.1. The van der Waals surface area contributed by atoms with Crippen molar-refractivity contribution in [2.75, 3.05) is 0 Å². The minimum atomic E-state index is -0.895. The molecule has 0 bridgehead atoms. The molecule has 4 aliphatic carbocycles. The quantitative estimate of drug-likeness (QED) is 0.0576. The number of carbonyl (C=O) groups excluding carboxylic acids is 1. The van der Waals surface area contributed by atoms with Crippen molar-refractivity contribution in [2.24, 2.45) is 52.3 Å². The Labute approximate surface area is 327 Å². The van der Waals surface area contributed by atoms with E-state index in [2.05, 4.69) is 53.7 Å². The molecule has 53 heavy (non-hydrogen) atoms. The number of esters is 1. The van der Waals surface area contributed by atoms with E-state index in [1.165, 1.54) is 134 Å². The van der Waals surface area contributed by atoms with E-state index in [0.29, 0.717) is 11.8 Å². The van der Waals surface area contributed by atoms with Crippen LogP contribution >= 0.6 is 0 Å². The Kier molecular flexibility index (Phi) is 18.5. The summed E-state index contributed by atoms with van der Waals surface area (Å²) in [6.07, 6.45) is 39.1. The van der Waals surface area contributed by atoms with Crippen LogP contribution < -0.4 is 0 Å². The zero-order chi connectivity index (χ0) is 38.3. The monoisotopic (exact) mass is 737 g/mol. The lowest BCUT2D eigenvalue weighted by atomic mass is 9.47. The lowest BCUT2D eigenvalue weighted by molar-refractivity contribution is -0.157. The lowest BCUT2D eigenvalue weighted by Gasteiger charge is -2.58. The predicted molar refractivity (Wildman–Crippen MR) is 223 cm³/mol. The van der Waals surface area contributed by atoms with E-state index >= 15 is 0 Å². The van der Waals surface area contributed by atoms with Crippen LogP contribution in [0.25, 0.3) is 0 Å². The van der Waals surface area contributed by atoms with Gasteiger partial charge < -0.3 is 9.84 Å². The number of fused-ring (bicyclic) bond motifs is 5. The van der Waals surface area contributed by atoms with E-state index in [1.807, 2.05) is 6.08 Å². The molecule has 0 saturated heterocycles. The molecule has 4 heteroatoms. The molecule has 304 valence electrons. The number of carboxylic acid groups (broad SMARTS) is 1. The van der Waals surface area contributed by atoms with Crippen molar-refractivity contribution in [3.05, 3.63) is 23.8 Å². The number of carboxylic acids is 1. The van der Waals surface area contributed by atoms with Gasteiger partial charge in [0.15, 0.2) is 0 Å². The number of allylic oxidation sites excluding steroid dienone is 3. The average Bonchev–Trinajstić information content (AvgIpc) is 3.48. The Balaban J connectivity index is 1.14. The number of hydrogen-bond donors (Lipinski definition) is 1. The fraction of sp³-hybridized carbons (Fsp3) is 0.878. The van der Waals surface area contributed by atoms with Gasteiger partial charge in [-0.3, -0.25) is 9.59 Å². The van der Waals surface area contributed by atoms with Crippen molar-refractivity contribution in [3.8, 4) is 0 Å². The molecule has 3 fully saturated rings. The summed E-state index contributed by atoms with van der Waals surface area (Å²) in [5.41, 5.74) is 2.24. The highest BCUT2D eigenvalue weighted by molar-refractivity contribution is 5.79. The molecule has 9 atom stereocenters. The van der Waals surface area contributed by atoms with Gasteiger partial charge >= 0.3 is 11.9 Å². The largest absolute Gasteiger partial charge is 0.481 e. The molecule has 0 aromatic rings. The zero-order valence-corrected chi connectivity index (χ0v) is 35.6. The Hall–Kier alpha value is -1.58. The van der Waals surface area contributed by atoms with Crippen LogP contribution in [0.2, 0.25) is 0 Å². The molecule has 0 amide bonds. The molecule has 4 aliphatic rings. The van der Waals surface area contributed by atoms with Gasteiger partial charge in [0.25, 0.3) is 0 Å². The summed E-state index contributed by atoms with van der Waals surface area (Å²) in [7, 11) is 0. The third-order valence-corrected chi connectivity index (χ3v) is 15.4. The first kappa shape index (κ1) is 44.1. The fourth-order valence-electron chi connectivity index (χ4n) is 12.1. The van der Waals surface area contributed by atoms with Gasteiger partial charge in [-0.1, -0.05) is 162 Å². The van der Waals surface area contributed by atoms with Gasteiger partial charge in [0.2, 0.25) is 0 Å². The second kappa shape index (κ2) is 22.2. The van der Waals surface area contributed by atoms with Crippen molar-refractivity contribution < 1.29 is 19.4 Å². The number of ether oxygens (including phenoxy) is 1. The molecule has 0 aromatic carbocycles.